The molecule has 1 saturated carbocycles. The lowest BCUT2D eigenvalue weighted by Gasteiger charge is -2.16. The zero-order chi connectivity index (χ0) is 13.1. The lowest BCUT2D eigenvalue weighted by molar-refractivity contribution is -0.137. The van der Waals surface area contributed by atoms with E-state index in [9.17, 15) is 9.90 Å². The predicted octanol–water partition coefficient (Wildman–Crippen LogP) is 2.58. The van der Waals surface area contributed by atoms with Gasteiger partial charge in [-0.15, -0.1) is 0 Å². The molecule has 2 atom stereocenters. The summed E-state index contributed by atoms with van der Waals surface area (Å²) in [5, 5.41) is 18.4. The van der Waals surface area contributed by atoms with Gasteiger partial charge in [-0.2, -0.15) is 0 Å². The van der Waals surface area contributed by atoms with Crippen molar-refractivity contribution < 1.29 is 15.0 Å². The molecule has 0 saturated heterocycles. The molecule has 3 nitrogen and oxygen atoms in total. The Morgan fingerprint density at radius 1 is 1.44 bits per heavy atom. The smallest absolute Gasteiger partial charge is 0.303 e. The van der Waals surface area contributed by atoms with Gasteiger partial charge in [0, 0.05) is 0 Å². The fourth-order valence-corrected chi connectivity index (χ4v) is 2.54. The number of hydrogen-bond acceptors (Lipinski definition) is 2. The van der Waals surface area contributed by atoms with Gasteiger partial charge in [-0.1, -0.05) is 24.3 Å². The minimum atomic E-state index is -0.729. The summed E-state index contributed by atoms with van der Waals surface area (Å²) in [7, 11) is 0. The maximum atomic E-state index is 10.9. The summed E-state index contributed by atoms with van der Waals surface area (Å²) >= 11 is 0. The van der Waals surface area contributed by atoms with Gasteiger partial charge in [0.2, 0.25) is 0 Å². The van der Waals surface area contributed by atoms with Crippen molar-refractivity contribution in [3.05, 3.63) is 35.4 Å². The first-order chi connectivity index (χ1) is 8.56. The van der Waals surface area contributed by atoms with Gasteiger partial charge in [0.25, 0.3) is 0 Å². The molecule has 0 radical (unpaired) electrons. The molecule has 3 heteroatoms. The van der Waals surface area contributed by atoms with Gasteiger partial charge in [-0.05, 0) is 49.1 Å². The fraction of sp³-hybridized carbons (Fsp3) is 0.533. The molecule has 0 spiro atoms. The first-order valence-electron chi connectivity index (χ1n) is 6.55. The molecular weight excluding hydrogens is 228 g/mol. The number of rotatable bonds is 6. The van der Waals surface area contributed by atoms with E-state index in [1.54, 1.807) is 6.92 Å². The molecule has 1 aliphatic rings. The van der Waals surface area contributed by atoms with E-state index in [-0.39, 0.29) is 18.4 Å². The largest absolute Gasteiger partial charge is 0.481 e. The summed E-state index contributed by atoms with van der Waals surface area (Å²) in [6, 6.07) is 8.02. The number of aliphatic carboxylic acids is 1. The van der Waals surface area contributed by atoms with Crippen LogP contribution in [0.15, 0.2) is 24.3 Å². The quantitative estimate of drug-likeness (QED) is 0.813. The average molecular weight is 248 g/mol. The summed E-state index contributed by atoms with van der Waals surface area (Å²) < 4.78 is 0. The van der Waals surface area contributed by atoms with Crippen molar-refractivity contribution in [2.75, 3.05) is 0 Å². The van der Waals surface area contributed by atoms with E-state index >= 15 is 0 Å². The van der Waals surface area contributed by atoms with E-state index in [1.165, 1.54) is 0 Å². The summed E-state index contributed by atoms with van der Waals surface area (Å²) in [5.41, 5.74) is 2.19. The highest BCUT2D eigenvalue weighted by molar-refractivity contribution is 5.68. The van der Waals surface area contributed by atoms with Crippen LogP contribution in [-0.4, -0.2) is 22.3 Å². The van der Waals surface area contributed by atoms with Crippen molar-refractivity contribution in [1.82, 2.24) is 0 Å². The number of hydrogen-bond donors (Lipinski definition) is 2. The molecule has 0 heterocycles. The second kappa shape index (κ2) is 5.53. The van der Waals surface area contributed by atoms with Crippen molar-refractivity contribution in [1.29, 1.82) is 0 Å². The van der Waals surface area contributed by atoms with E-state index in [0.717, 1.165) is 24.0 Å². The SMILES string of the molecule is CC(O)Cc1cccc(C(CC(=O)O)C2CC2)c1. The molecule has 2 unspecified atom stereocenters. The van der Waals surface area contributed by atoms with Gasteiger partial charge in [0.05, 0.1) is 12.5 Å². The molecule has 0 aromatic heterocycles. The van der Waals surface area contributed by atoms with Gasteiger partial charge < -0.3 is 10.2 Å². The minimum Gasteiger partial charge on any atom is -0.481 e. The fourth-order valence-electron chi connectivity index (χ4n) is 2.54. The van der Waals surface area contributed by atoms with Crippen LogP contribution in [0.3, 0.4) is 0 Å². The van der Waals surface area contributed by atoms with Crippen molar-refractivity contribution in [3.63, 3.8) is 0 Å². The van der Waals surface area contributed by atoms with E-state index < -0.39 is 5.97 Å². The van der Waals surface area contributed by atoms with Crippen molar-refractivity contribution >= 4 is 5.97 Å². The summed E-state index contributed by atoms with van der Waals surface area (Å²) in [4.78, 5) is 10.9. The Labute approximate surface area is 107 Å². The lowest BCUT2D eigenvalue weighted by atomic mass is 9.89. The highest BCUT2D eigenvalue weighted by Crippen LogP contribution is 2.44. The van der Waals surface area contributed by atoms with Crippen LogP contribution in [-0.2, 0) is 11.2 Å². The number of carboxylic acids is 1. The van der Waals surface area contributed by atoms with E-state index in [1.807, 2.05) is 18.2 Å². The Morgan fingerprint density at radius 3 is 2.72 bits per heavy atom. The predicted molar refractivity (Wildman–Crippen MR) is 69.5 cm³/mol. The minimum absolute atomic E-state index is 0.136. The van der Waals surface area contributed by atoms with Crippen LogP contribution in [0, 0.1) is 5.92 Å². The van der Waals surface area contributed by atoms with Crippen molar-refractivity contribution in [3.8, 4) is 0 Å². The summed E-state index contributed by atoms with van der Waals surface area (Å²) in [5.74, 6) is -0.0628. The molecule has 0 aliphatic heterocycles. The number of carbonyl (C=O) groups is 1. The van der Waals surface area contributed by atoms with E-state index in [4.69, 9.17) is 5.11 Å². The molecule has 1 aromatic carbocycles. The zero-order valence-electron chi connectivity index (χ0n) is 10.7. The highest BCUT2D eigenvalue weighted by atomic mass is 16.4. The molecule has 0 bridgehead atoms. The molecule has 0 amide bonds. The van der Waals surface area contributed by atoms with Crippen LogP contribution in [0.25, 0.3) is 0 Å². The number of aliphatic hydroxyl groups excluding tert-OH is 1. The zero-order valence-corrected chi connectivity index (χ0v) is 10.7. The normalized spacial score (nSPS) is 18.3. The number of carboxylic acid groups (broad SMARTS) is 1. The highest BCUT2D eigenvalue weighted by Gasteiger charge is 2.33. The molecule has 1 aliphatic carbocycles. The van der Waals surface area contributed by atoms with Crippen LogP contribution in [0.2, 0.25) is 0 Å². The summed E-state index contributed by atoms with van der Waals surface area (Å²) in [6.45, 7) is 1.77. The molecule has 1 fully saturated rings. The second-order valence-electron chi connectivity index (χ2n) is 5.34. The molecule has 98 valence electrons. The Bertz CT molecular complexity index is 422. The molecule has 2 N–H and O–H groups in total. The Hall–Kier alpha value is -1.35. The second-order valence-corrected chi connectivity index (χ2v) is 5.34. The number of benzene rings is 1. The maximum Gasteiger partial charge on any atom is 0.303 e. The third kappa shape index (κ3) is 3.57. The average Bonchev–Trinajstić information content (AvgIpc) is 3.09. The third-order valence-electron chi connectivity index (χ3n) is 3.50. The van der Waals surface area contributed by atoms with E-state index in [0.29, 0.717) is 12.3 Å². The van der Waals surface area contributed by atoms with E-state index in [2.05, 4.69) is 6.07 Å². The van der Waals surface area contributed by atoms with Gasteiger partial charge >= 0.3 is 5.97 Å². The number of aliphatic hydroxyl groups is 1. The van der Waals surface area contributed by atoms with Gasteiger partial charge in [-0.25, -0.2) is 0 Å². The monoisotopic (exact) mass is 248 g/mol. The van der Waals surface area contributed by atoms with Gasteiger partial charge in [0.15, 0.2) is 0 Å². The van der Waals surface area contributed by atoms with Crippen molar-refractivity contribution in [2.24, 2.45) is 5.92 Å². The molecule has 18 heavy (non-hydrogen) atoms. The Balaban J connectivity index is 2.16. The van der Waals surface area contributed by atoms with Gasteiger partial charge in [0.1, 0.15) is 0 Å². The van der Waals surface area contributed by atoms with Crippen LogP contribution in [0.5, 0.6) is 0 Å². The Morgan fingerprint density at radius 2 is 2.17 bits per heavy atom. The van der Waals surface area contributed by atoms with Crippen LogP contribution in [0.4, 0.5) is 0 Å². The molecule has 1 aromatic rings. The van der Waals surface area contributed by atoms with Crippen LogP contribution in [0.1, 0.15) is 43.2 Å². The van der Waals surface area contributed by atoms with Gasteiger partial charge in [-0.3, -0.25) is 4.79 Å². The van der Waals surface area contributed by atoms with Crippen molar-refractivity contribution in [2.45, 2.75) is 44.6 Å². The van der Waals surface area contributed by atoms with Crippen LogP contribution < -0.4 is 0 Å². The first kappa shape index (κ1) is 13.1. The molecule has 2 rings (SSSR count). The maximum absolute atomic E-state index is 10.9. The standard InChI is InChI=1S/C15H20O3/c1-10(16)7-11-3-2-4-13(8-11)14(9-15(17)18)12-5-6-12/h2-4,8,10,12,14,16H,5-7,9H2,1H3,(H,17,18). The van der Waals surface area contributed by atoms with Crippen LogP contribution >= 0.6 is 0 Å². The third-order valence-corrected chi connectivity index (χ3v) is 3.50. The summed E-state index contributed by atoms with van der Waals surface area (Å²) in [6.07, 6.45) is 2.75. The lowest BCUT2D eigenvalue weighted by Crippen LogP contribution is -2.10. The topological polar surface area (TPSA) is 57.5 Å². The molecular formula is C15H20O3. The first-order valence-corrected chi connectivity index (χ1v) is 6.55. The Kier molecular flexibility index (Phi) is 4.02.